The Morgan fingerprint density at radius 1 is 1.35 bits per heavy atom. The van der Waals surface area contributed by atoms with Crippen molar-refractivity contribution in [3.05, 3.63) is 47.8 Å². The second-order valence-corrected chi connectivity index (χ2v) is 6.95. The summed E-state index contributed by atoms with van der Waals surface area (Å²) >= 11 is 0. The molecule has 0 radical (unpaired) electrons. The first-order valence-electron chi connectivity index (χ1n) is 7.24. The summed E-state index contributed by atoms with van der Waals surface area (Å²) in [6.07, 6.45) is 4.30. The molecule has 8 heteroatoms. The van der Waals surface area contributed by atoms with E-state index in [-0.39, 0.29) is 10.8 Å². The number of amides is 1. The normalized spacial score (nSPS) is 11.4. The average Bonchev–Trinajstić information content (AvgIpc) is 3.05. The molecule has 0 saturated carbocycles. The molecule has 0 bridgehead atoms. The van der Waals surface area contributed by atoms with Gasteiger partial charge in [0.25, 0.3) is 5.91 Å². The van der Waals surface area contributed by atoms with Crippen LogP contribution in [0.1, 0.15) is 22.3 Å². The average molecular weight is 336 g/mol. The van der Waals surface area contributed by atoms with Crippen LogP contribution in [0.25, 0.3) is 0 Å². The minimum Gasteiger partial charge on any atom is -0.352 e. The van der Waals surface area contributed by atoms with Crippen LogP contribution in [0.2, 0.25) is 0 Å². The Balaban J connectivity index is 1.99. The van der Waals surface area contributed by atoms with E-state index in [0.29, 0.717) is 18.7 Å². The van der Waals surface area contributed by atoms with Gasteiger partial charge in [0.1, 0.15) is 0 Å². The van der Waals surface area contributed by atoms with Gasteiger partial charge in [-0.15, -0.1) is 0 Å². The monoisotopic (exact) mass is 336 g/mol. The number of nitrogens with zero attached hydrogens (tertiary/aromatic N) is 2. The Kier molecular flexibility index (Phi) is 5.51. The van der Waals surface area contributed by atoms with E-state index in [9.17, 15) is 13.2 Å². The van der Waals surface area contributed by atoms with Crippen LogP contribution in [-0.2, 0) is 16.6 Å². The highest BCUT2D eigenvalue weighted by molar-refractivity contribution is 7.89. The zero-order valence-corrected chi connectivity index (χ0v) is 13.9. The van der Waals surface area contributed by atoms with Gasteiger partial charge in [-0.25, -0.2) is 13.1 Å². The summed E-state index contributed by atoms with van der Waals surface area (Å²) in [6.45, 7) is 2.97. The highest BCUT2D eigenvalue weighted by Gasteiger charge is 2.16. The summed E-state index contributed by atoms with van der Waals surface area (Å²) < 4.78 is 27.7. The molecule has 1 heterocycles. The molecule has 0 spiro atoms. The van der Waals surface area contributed by atoms with Crippen LogP contribution >= 0.6 is 0 Å². The first kappa shape index (κ1) is 17.2. The molecule has 1 amide bonds. The third-order valence-electron chi connectivity index (χ3n) is 3.44. The van der Waals surface area contributed by atoms with Gasteiger partial charge < -0.3 is 5.32 Å². The number of aryl methyl sites for hydroxylation is 2. The summed E-state index contributed by atoms with van der Waals surface area (Å²) in [5, 5.41) is 6.89. The van der Waals surface area contributed by atoms with Gasteiger partial charge in [-0.3, -0.25) is 9.48 Å². The number of hydrogen-bond acceptors (Lipinski definition) is 4. The Morgan fingerprint density at radius 3 is 2.78 bits per heavy atom. The van der Waals surface area contributed by atoms with E-state index in [0.717, 1.165) is 12.0 Å². The van der Waals surface area contributed by atoms with Crippen molar-refractivity contribution in [1.82, 2.24) is 19.8 Å². The van der Waals surface area contributed by atoms with Crippen LogP contribution in [0.5, 0.6) is 0 Å². The van der Waals surface area contributed by atoms with Crippen LogP contribution in [0.3, 0.4) is 0 Å². The van der Waals surface area contributed by atoms with Gasteiger partial charge in [-0.05, 0) is 44.2 Å². The van der Waals surface area contributed by atoms with E-state index in [1.807, 2.05) is 12.3 Å². The van der Waals surface area contributed by atoms with Crippen molar-refractivity contribution in [2.75, 3.05) is 13.6 Å². The summed E-state index contributed by atoms with van der Waals surface area (Å²) in [5.74, 6) is -0.281. The molecule has 0 atom stereocenters. The fraction of sp³-hybridized carbons (Fsp3) is 0.333. The summed E-state index contributed by atoms with van der Waals surface area (Å²) in [6, 6.07) is 6.35. The van der Waals surface area contributed by atoms with Crippen LogP contribution in [0.4, 0.5) is 0 Å². The maximum atomic E-state index is 12.2. The molecule has 124 valence electrons. The second-order valence-electron chi connectivity index (χ2n) is 5.06. The Hall–Kier alpha value is -2.19. The van der Waals surface area contributed by atoms with Crippen LogP contribution in [-0.4, -0.2) is 37.7 Å². The molecule has 7 nitrogen and oxygen atoms in total. The smallest absolute Gasteiger partial charge is 0.251 e. The van der Waals surface area contributed by atoms with E-state index in [4.69, 9.17) is 0 Å². The van der Waals surface area contributed by atoms with Gasteiger partial charge in [0, 0.05) is 31.0 Å². The van der Waals surface area contributed by atoms with Gasteiger partial charge in [0.2, 0.25) is 10.0 Å². The molecule has 0 aliphatic rings. The minimum absolute atomic E-state index is 0.0762. The van der Waals surface area contributed by atoms with Crippen molar-refractivity contribution >= 4 is 15.9 Å². The molecule has 2 N–H and O–H groups in total. The molecule has 0 saturated heterocycles. The lowest BCUT2D eigenvalue weighted by molar-refractivity contribution is 0.0952. The maximum Gasteiger partial charge on any atom is 0.251 e. The number of benzene rings is 1. The molecule has 0 unspecified atom stereocenters. The van der Waals surface area contributed by atoms with Gasteiger partial charge in [0.15, 0.2) is 0 Å². The van der Waals surface area contributed by atoms with Crippen molar-refractivity contribution in [3.63, 3.8) is 0 Å². The Bertz CT molecular complexity index is 770. The van der Waals surface area contributed by atoms with E-state index >= 15 is 0 Å². The standard InChI is InChI=1S/C15H20N4O3S/c1-12-5-6-13(23(21,22)16-2)11-14(12)15(20)17-7-3-9-19-10-4-8-18-19/h4-6,8,10-11,16H,3,7,9H2,1-2H3,(H,17,20). The summed E-state index contributed by atoms with van der Waals surface area (Å²) in [4.78, 5) is 12.3. The molecule has 0 fully saturated rings. The van der Waals surface area contributed by atoms with Crippen LogP contribution in [0.15, 0.2) is 41.6 Å². The number of hydrogen-bond donors (Lipinski definition) is 2. The van der Waals surface area contributed by atoms with Crippen molar-refractivity contribution < 1.29 is 13.2 Å². The molecule has 0 aliphatic carbocycles. The summed E-state index contributed by atoms with van der Waals surface area (Å²) in [5.41, 5.74) is 1.09. The van der Waals surface area contributed by atoms with Gasteiger partial charge >= 0.3 is 0 Å². The highest BCUT2D eigenvalue weighted by Crippen LogP contribution is 2.15. The number of carbonyl (C=O) groups is 1. The maximum absolute atomic E-state index is 12.2. The second kappa shape index (κ2) is 7.38. The fourth-order valence-corrected chi connectivity index (χ4v) is 2.86. The minimum atomic E-state index is -3.57. The number of aromatic nitrogens is 2. The lowest BCUT2D eigenvalue weighted by Crippen LogP contribution is -2.27. The van der Waals surface area contributed by atoms with Gasteiger partial charge in [-0.1, -0.05) is 6.07 Å². The molecule has 2 rings (SSSR count). The number of nitrogens with one attached hydrogen (secondary N) is 2. The Labute approximate surface area is 135 Å². The zero-order chi connectivity index (χ0) is 16.9. The fourth-order valence-electron chi connectivity index (χ4n) is 2.10. The van der Waals surface area contributed by atoms with Crippen molar-refractivity contribution in [1.29, 1.82) is 0 Å². The third kappa shape index (κ3) is 4.40. The van der Waals surface area contributed by atoms with Gasteiger partial charge in [-0.2, -0.15) is 5.10 Å². The predicted octanol–water partition coefficient (Wildman–Crippen LogP) is 0.920. The zero-order valence-electron chi connectivity index (χ0n) is 13.1. The van der Waals surface area contributed by atoms with Crippen molar-refractivity contribution in [2.24, 2.45) is 0 Å². The Morgan fingerprint density at radius 2 is 2.13 bits per heavy atom. The lowest BCUT2D eigenvalue weighted by atomic mass is 10.1. The van der Waals surface area contributed by atoms with E-state index in [2.05, 4.69) is 15.1 Å². The van der Waals surface area contributed by atoms with Crippen LogP contribution < -0.4 is 10.0 Å². The van der Waals surface area contributed by atoms with Crippen LogP contribution in [0, 0.1) is 6.92 Å². The number of carbonyl (C=O) groups excluding carboxylic acids is 1. The topological polar surface area (TPSA) is 93.1 Å². The largest absolute Gasteiger partial charge is 0.352 e. The SMILES string of the molecule is CNS(=O)(=O)c1ccc(C)c(C(=O)NCCCn2cccn2)c1. The molecule has 0 aliphatic heterocycles. The molecular formula is C15H20N4O3S. The highest BCUT2D eigenvalue weighted by atomic mass is 32.2. The first-order chi connectivity index (χ1) is 10.9. The molecule has 1 aromatic carbocycles. The number of rotatable bonds is 7. The molecule has 2 aromatic rings. The van der Waals surface area contributed by atoms with Gasteiger partial charge in [0.05, 0.1) is 4.90 Å². The quantitative estimate of drug-likeness (QED) is 0.735. The first-order valence-corrected chi connectivity index (χ1v) is 8.72. The van der Waals surface area contributed by atoms with E-state index < -0.39 is 10.0 Å². The molecular weight excluding hydrogens is 316 g/mol. The predicted molar refractivity (Wildman–Crippen MR) is 86.6 cm³/mol. The van der Waals surface area contributed by atoms with Crippen molar-refractivity contribution in [2.45, 2.75) is 24.8 Å². The molecule has 23 heavy (non-hydrogen) atoms. The number of sulfonamides is 1. The third-order valence-corrected chi connectivity index (χ3v) is 4.85. The van der Waals surface area contributed by atoms with E-state index in [1.54, 1.807) is 23.9 Å². The van der Waals surface area contributed by atoms with Crippen molar-refractivity contribution in [3.8, 4) is 0 Å². The molecule has 1 aromatic heterocycles. The summed E-state index contributed by atoms with van der Waals surface area (Å²) in [7, 11) is -2.23. The lowest BCUT2D eigenvalue weighted by Gasteiger charge is -2.10. The van der Waals surface area contributed by atoms with E-state index in [1.165, 1.54) is 19.2 Å².